The van der Waals surface area contributed by atoms with Crippen LogP contribution in [-0.4, -0.2) is 73.8 Å². The predicted molar refractivity (Wildman–Crippen MR) is 174 cm³/mol. The molecule has 0 aliphatic carbocycles. The number of likely N-dealkylation sites (tertiary alicyclic amines) is 1. The van der Waals surface area contributed by atoms with Crippen LogP contribution in [0.25, 0.3) is 0 Å². The van der Waals surface area contributed by atoms with E-state index in [0.29, 0.717) is 48.7 Å². The summed E-state index contributed by atoms with van der Waals surface area (Å²) < 4.78 is 40.4. The number of methoxy groups -OCH3 is 1. The number of anilines is 1. The van der Waals surface area contributed by atoms with Gasteiger partial charge in [-0.1, -0.05) is 41.9 Å². The van der Waals surface area contributed by atoms with Crippen LogP contribution in [0.3, 0.4) is 0 Å². The number of carbonyl (C=O) groups is 3. The van der Waals surface area contributed by atoms with E-state index in [0.717, 1.165) is 50.3 Å². The lowest BCUT2D eigenvalue weighted by atomic mass is 9.84. The number of hydrogen-bond acceptors (Lipinski definition) is 6. The maximum atomic E-state index is 14.5. The zero-order chi connectivity index (χ0) is 33.6. The van der Waals surface area contributed by atoms with Crippen LogP contribution in [0.5, 0.6) is 0 Å². The summed E-state index contributed by atoms with van der Waals surface area (Å²) in [6.45, 7) is 4.34. The van der Waals surface area contributed by atoms with Gasteiger partial charge in [-0.05, 0) is 72.7 Å². The van der Waals surface area contributed by atoms with Crippen LogP contribution in [-0.2, 0) is 25.5 Å². The van der Waals surface area contributed by atoms with E-state index in [1.807, 2.05) is 17.0 Å². The van der Waals surface area contributed by atoms with E-state index >= 15 is 0 Å². The van der Waals surface area contributed by atoms with Gasteiger partial charge in [-0.3, -0.25) is 9.59 Å². The second kappa shape index (κ2) is 15.2. The first-order valence-electron chi connectivity index (χ1n) is 15.6. The minimum absolute atomic E-state index is 0.0673. The molecule has 2 saturated heterocycles. The third kappa shape index (κ3) is 8.65. The van der Waals surface area contributed by atoms with Gasteiger partial charge in [-0.15, -0.1) is 0 Å². The Morgan fingerprint density at radius 1 is 1.04 bits per heavy atom. The fraction of sp³-hybridized carbons (Fsp3) is 0.400. The summed E-state index contributed by atoms with van der Waals surface area (Å²) in [5, 5.41) is 9.46. The molecule has 0 saturated carbocycles. The van der Waals surface area contributed by atoms with Crippen LogP contribution < -0.4 is 16.0 Å². The average molecular weight is 669 g/mol. The highest BCUT2D eigenvalue weighted by atomic mass is 35.5. The fourth-order valence-corrected chi connectivity index (χ4v) is 6.58. The summed E-state index contributed by atoms with van der Waals surface area (Å²) in [7, 11) is 1.16. The molecule has 2 aliphatic rings. The Morgan fingerprint density at radius 2 is 1.72 bits per heavy atom. The van der Waals surface area contributed by atoms with Gasteiger partial charge in [-0.25, -0.2) is 13.6 Å². The molecule has 250 valence electrons. The van der Waals surface area contributed by atoms with Crippen LogP contribution in [0.4, 0.5) is 19.3 Å². The number of piperidine rings is 1. The number of aryl methyl sites for hydroxylation is 1. The fourth-order valence-electron chi connectivity index (χ4n) is 6.46. The number of nitrogens with one attached hydrogen (secondary N) is 3. The van der Waals surface area contributed by atoms with Gasteiger partial charge in [0.05, 0.1) is 18.8 Å². The lowest BCUT2D eigenvalue weighted by Crippen LogP contribution is -2.58. The molecule has 3 aromatic rings. The first-order valence-corrected chi connectivity index (χ1v) is 16.0. The average Bonchev–Trinajstić information content (AvgIpc) is 3.04. The minimum atomic E-state index is -1.33. The molecule has 12 heteroatoms. The van der Waals surface area contributed by atoms with Crippen molar-refractivity contribution in [1.29, 1.82) is 0 Å². The number of ether oxygens (including phenoxy) is 2. The summed E-state index contributed by atoms with van der Waals surface area (Å²) in [6, 6.07) is 15.5. The monoisotopic (exact) mass is 668 g/mol. The number of para-hydroxylation sites is 1. The molecule has 3 amide bonds. The number of nitrogens with zero attached hydrogens (tertiary/aromatic N) is 1. The number of morpholine rings is 1. The van der Waals surface area contributed by atoms with Crippen LogP contribution in [0, 0.1) is 11.6 Å². The Bertz CT molecular complexity index is 1560. The third-order valence-electron chi connectivity index (χ3n) is 8.91. The third-order valence-corrected chi connectivity index (χ3v) is 9.17. The smallest absolute Gasteiger partial charge is 0.407 e. The van der Waals surface area contributed by atoms with Gasteiger partial charge in [0, 0.05) is 55.8 Å². The van der Waals surface area contributed by atoms with Crippen molar-refractivity contribution >= 4 is 35.2 Å². The molecule has 3 aromatic carbocycles. The van der Waals surface area contributed by atoms with Gasteiger partial charge >= 0.3 is 6.09 Å². The highest BCUT2D eigenvalue weighted by Gasteiger charge is 2.40. The summed E-state index contributed by atoms with van der Waals surface area (Å²) in [4.78, 5) is 40.3. The van der Waals surface area contributed by atoms with Crippen molar-refractivity contribution in [2.45, 2.75) is 56.3 Å². The normalized spacial score (nSPS) is 18.7. The molecule has 0 unspecified atom stereocenters. The van der Waals surface area contributed by atoms with E-state index in [1.165, 1.54) is 0 Å². The number of hydrogen-bond donors (Lipinski definition) is 3. The topological polar surface area (TPSA) is 109 Å². The van der Waals surface area contributed by atoms with Gasteiger partial charge in [0.1, 0.15) is 17.7 Å². The first-order chi connectivity index (χ1) is 22.6. The van der Waals surface area contributed by atoms with Crippen LogP contribution in [0.15, 0.2) is 66.7 Å². The van der Waals surface area contributed by atoms with Crippen molar-refractivity contribution in [3.63, 3.8) is 0 Å². The molecule has 3 atom stereocenters. The van der Waals surface area contributed by atoms with Crippen molar-refractivity contribution < 1.29 is 32.6 Å². The number of amides is 3. The van der Waals surface area contributed by atoms with Gasteiger partial charge in [0.25, 0.3) is 0 Å². The standard InChI is InChI=1S/C35H39ClF2N4O5/c1-22(43)42-15-13-35(14-16-42)21-39-20-29(47-35)12-9-23-5-3-4-6-30(23)40-33(44)32(41-34(45)46-2)31(24-7-10-26(36)11-8-24)25-17-27(37)19-28(38)18-25/h3-8,10-11,17-19,29,31-32,39H,9,12-16,20-21H2,1-2H3,(H,40,44)(H,41,45)/t29-,31+,32+/m1/s1. The lowest BCUT2D eigenvalue weighted by Gasteiger charge is -2.46. The summed E-state index contributed by atoms with van der Waals surface area (Å²) >= 11 is 6.12. The number of halogens is 3. The van der Waals surface area contributed by atoms with E-state index in [9.17, 15) is 23.2 Å². The number of rotatable bonds is 9. The maximum absolute atomic E-state index is 14.5. The molecule has 2 aliphatic heterocycles. The largest absolute Gasteiger partial charge is 0.453 e. The Morgan fingerprint density at radius 3 is 2.38 bits per heavy atom. The molecular weight excluding hydrogens is 630 g/mol. The number of benzene rings is 3. The summed E-state index contributed by atoms with van der Waals surface area (Å²) in [5.74, 6) is -3.19. The van der Waals surface area contributed by atoms with Crippen molar-refractivity contribution in [1.82, 2.24) is 15.5 Å². The Kier molecular flexibility index (Phi) is 11.1. The molecule has 47 heavy (non-hydrogen) atoms. The molecule has 5 rings (SSSR count). The lowest BCUT2D eigenvalue weighted by molar-refractivity contribution is -0.153. The van der Waals surface area contributed by atoms with E-state index in [2.05, 4.69) is 16.0 Å². The second-order valence-electron chi connectivity index (χ2n) is 12.1. The first kappa shape index (κ1) is 34.3. The van der Waals surface area contributed by atoms with E-state index in [-0.39, 0.29) is 23.2 Å². The molecule has 0 radical (unpaired) electrons. The zero-order valence-corrected chi connectivity index (χ0v) is 27.1. The van der Waals surface area contributed by atoms with Crippen molar-refractivity contribution in [3.8, 4) is 0 Å². The minimum Gasteiger partial charge on any atom is -0.453 e. The highest BCUT2D eigenvalue weighted by molar-refractivity contribution is 6.30. The van der Waals surface area contributed by atoms with E-state index in [1.54, 1.807) is 43.3 Å². The Hall–Kier alpha value is -4.06. The van der Waals surface area contributed by atoms with E-state index < -0.39 is 35.6 Å². The van der Waals surface area contributed by atoms with Crippen molar-refractivity contribution in [3.05, 3.63) is 100 Å². The molecule has 3 N–H and O–H groups in total. The Balaban J connectivity index is 1.36. The molecule has 9 nitrogen and oxygen atoms in total. The predicted octanol–water partition coefficient (Wildman–Crippen LogP) is 5.42. The summed E-state index contributed by atoms with van der Waals surface area (Å²) in [6.07, 6.45) is 1.84. The number of alkyl carbamates (subject to hydrolysis) is 1. The SMILES string of the molecule is COC(=O)N[C@H](C(=O)Nc1ccccc1CC[C@@H]1CNCC2(CCN(C(C)=O)CC2)O1)[C@@H](c1ccc(Cl)cc1)c1cc(F)cc(F)c1. The maximum Gasteiger partial charge on any atom is 0.407 e. The highest BCUT2D eigenvalue weighted by Crippen LogP contribution is 2.33. The van der Waals surface area contributed by atoms with Gasteiger partial charge in [0.15, 0.2) is 0 Å². The van der Waals surface area contributed by atoms with Crippen molar-refractivity contribution in [2.75, 3.05) is 38.6 Å². The van der Waals surface area contributed by atoms with Crippen molar-refractivity contribution in [2.24, 2.45) is 0 Å². The summed E-state index contributed by atoms with van der Waals surface area (Å²) in [5.41, 5.74) is 1.70. The van der Waals surface area contributed by atoms with Gasteiger partial charge in [0.2, 0.25) is 11.8 Å². The molecule has 0 aromatic heterocycles. The molecule has 1 spiro atoms. The van der Waals surface area contributed by atoms with Gasteiger partial charge < -0.3 is 30.3 Å². The van der Waals surface area contributed by atoms with Crippen LogP contribution in [0.2, 0.25) is 5.02 Å². The van der Waals surface area contributed by atoms with Crippen LogP contribution in [0.1, 0.15) is 48.8 Å². The zero-order valence-electron chi connectivity index (χ0n) is 26.4. The quantitative estimate of drug-likeness (QED) is 0.281. The van der Waals surface area contributed by atoms with Crippen LogP contribution >= 0.6 is 11.6 Å². The van der Waals surface area contributed by atoms with E-state index in [4.69, 9.17) is 21.1 Å². The molecule has 0 bridgehead atoms. The molecule has 2 heterocycles. The Labute approximate surface area is 277 Å². The molecular formula is C35H39ClF2N4O5. The van der Waals surface area contributed by atoms with Gasteiger partial charge in [-0.2, -0.15) is 0 Å². The second-order valence-corrected chi connectivity index (χ2v) is 12.5. The number of carbonyl (C=O) groups excluding carboxylic acids is 3. The molecule has 2 fully saturated rings.